The van der Waals surface area contributed by atoms with E-state index in [2.05, 4.69) is 91.0 Å². The highest BCUT2D eigenvalue weighted by molar-refractivity contribution is 5.88. The first-order valence-electron chi connectivity index (χ1n) is 11.1. The van der Waals surface area contributed by atoms with Gasteiger partial charge in [0.1, 0.15) is 11.3 Å². The summed E-state index contributed by atoms with van der Waals surface area (Å²) in [6.07, 6.45) is 1.86. The highest BCUT2D eigenvalue weighted by Crippen LogP contribution is 2.34. The molecule has 0 unspecified atom stereocenters. The third-order valence-electron chi connectivity index (χ3n) is 5.94. The summed E-state index contributed by atoms with van der Waals surface area (Å²) < 4.78 is 6.09. The Morgan fingerprint density at radius 2 is 1.18 bits per heavy atom. The zero-order chi connectivity index (χ0) is 22.0. The van der Waals surface area contributed by atoms with Crippen LogP contribution in [-0.2, 0) is 0 Å². The van der Waals surface area contributed by atoms with Crippen LogP contribution in [0.5, 0.6) is 0 Å². The molecule has 0 bridgehead atoms. The third-order valence-corrected chi connectivity index (χ3v) is 5.94. The van der Waals surface area contributed by atoms with Crippen LogP contribution in [0.1, 0.15) is 0 Å². The Hall–Kier alpha value is -4.43. The molecule has 0 atom stereocenters. The molecule has 4 aromatic carbocycles. The second kappa shape index (κ2) is 8.25. The van der Waals surface area contributed by atoms with Crippen LogP contribution in [0.15, 0.2) is 132 Å². The fourth-order valence-corrected chi connectivity index (χ4v) is 4.30. The maximum absolute atomic E-state index is 6.09. The van der Waals surface area contributed by atoms with Gasteiger partial charge in [0.15, 0.2) is 0 Å². The van der Waals surface area contributed by atoms with E-state index >= 15 is 0 Å². The van der Waals surface area contributed by atoms with Gasteiger partial charge in [0, 0.05) is 28.3 Å². The number of hydrogen-bond acceptors (Lipinski definition) is 2. The molecule has 6 aromatic rings. The van der Waals surface area contributed by atoms with E-state index in [1.807, 2.05) is 36.5 Å². The fourth-order valence-electron chi connectivity index (χ4n) is 4.30. The number of aromatic nitrogens is 1. The predicted molar refractivity (Wildman–Crippen MR) is 136 cm³/mol. The minimum absolute atomic E-state index is 0.887. The largest absolute Gasteiger partial charge is 0.456 e. The van der Waals surface area contributed by atoms with Gasteiger partial charge in [-0.1, -0.05) is 91.0 Å². The summed E-state index contributed by atoms with van der Waals surface area (Å²) in [5.74, 6) is 0.887. The Morgan fingerprint density at radius 1 is 0.485 bits per heavy atom. The van der Waals surface area contributed by atoms with Gasteiger partial charge in [-0.05, 0) is 47.0 Å². The zero-order valence-electron chi connectivity index (χ0n) is 18.0. The maximum atomic E-state index is 6.09. The molecule has 0 spiro atoms. The molecule has 2 nitrogen and oxygen atoms in total. The van der Waals surface area contributed by atoms with Crippen molar-refractivity contribution < 1.29 is 4.42 Å². The summed E-state index contributed by atoms with van der Waals surface area (Å²) in [5, 5.41) is 1.10. The van der Waals surface area contributed by atoms with Crippen molar-refractivity contribution in [2.24, 2.45) is 0 Å². The lowest BCUT2D eigenvalue weighted by atomic mass is 9.96. The Balaban J connectivity index is 1.41. The molecule has 156 valence electrons. The van der Waals surface area contributed by atoms with Crippen LogP contribution in [0, 0.1) is 0 Å². The summed E-state index contributed by atoms with van der Waals surface area (Å²) in [5.41, 5.74) is 8.67. The summed E-state index contributed by atoms with van der Waals surface area (Å²) in [6, 6.07) is 41.8. The van der Waals surface area contributed by atoms with Crippen LogP contribution in [0.3, 0.4) is 0 Å². The third kappa shape index (κ3) is 3.72. The smallest absolute Gasteiger partial charge is 0.135 e. The average Bonchev–Trinajstić information content (AvgIpc) is 3.33. The van der Waals surface area contributed by atoms with E-state index < -0.39 is 0 Å². The van der Waals surface area contributed by atoms with Crippen molar-refractivity contribution in [1.82, 2.24) is 4.98 Å². The standard InChI is InChI=1S/C31H21NO/c1-3-9-22(10-4-1)28-15-8-18-32-31(28)26-14-7-13-24(19-26)25-16-17-29-27(20-25)21-30(33-29)23-11-5-2-6-12-23/h1-21H. The molecule has 6 rings (SSSR count). The molecule has 0 saturated heterocycles. The second-order valence-corrected chi connectivity index (χ2v) is 8.08. The lowest BCUT2D eigenvalue weighted by Gasteiger charge is -2.10. The Morgan fingerprint density at radius 3 is 2.00 bits per heavy atom. The minimum Gasteiger partial charge on any atom is -0.456 e. The average molecular weight is 424 g/mol. The van der Waals surface area contributed by atoms with Crippen LogP contribution in [0.2, 0.25) is 0 Å². The number of rotatable bonds is 4. The van der Waals surface area contributed by atoms with E-state index in [0.29, 0.717) is 0 Å². The first-order valence-corrected chi connectivity index (χ1v) is 11.1. The highest BCUT2D eigenvalue weighted by Gasteiger charge is 2.11. The van der Waals surface area contributed by atoms with E-state index in [1.54, 1.807) is 0 Å². The molecule has 0 amide bonds. The molecule has 0 aliphatic heterocycles. The Bertz CT molecular complexity index is 1550. The van der Waals surface area contributed by atoms with Crippen LogP contribution in [0.25, 0.3) is 55.8 Å². The van der Waals surface area contributed by atoms with Gasteiger partial charge in [0.25, 0.3) is 0 Å². The first-order chi connectivity index (χ1) is 16.3. The van der Waals surface area contributed by atoms with Crippen molar-refractivity contribution in [2.75, 3.05) is 0 Å². The molecule has 2 aromatic heterocycles. The molecule has 0 radical (unpaired) electrons. The molecule has 33 heavy (non-hydrogen) atoms. The predicted octanol–water partition coefficient (Wildman–Crippen LogP) is 8.50. The molecular weight excluding hydrogens is 402 g/mol. The van der Waals surface area contributed by atoms with Crippen LogP contribution >= 0.6 is 0 Å². The minimum atomic E-state index is 0.887. The van der Waals surface area contributed by atoms with Crippen LogP contribution in [0.4, 0.5) is 0 Å². The first kappa shape index (κ1) is 19.3. The van der Waals surface area contributed by atoms with Gasteiger partial charge < -0.3 is 4.42 Å². The molecular formula is C31H21NO. The number of nitrogens with zero attached hydrogens (tertiary/aromatic N) is 1. The van der Waals surface area contributed by atoms with Gasteiger partial charge in [0.05, 0.1) is 5.69 Å². The normalized spacial score (nSPS) is 11.0. The van der Waals surface area contributed by atoms with Crippen molar-refractivity contribution in [3.8, 4) is 44.8 Å². The number of hydrogen-bond donors (Lipinski definition) is 0. The van der Waals surface area contributed by atoms with Crippen molar-refractivity contribution >= 4 is 11.0 Å². The number of benzene rings is 4. The zero-order valence-corrected chi connectivity index (χ0v) is 18.0. The second-order valence-electron chi connectivity index (χ2n) is 8.08. The van der Waals surface area contributed by atoms with Gasteiger partial charge in [-0.25, -0.2) is 0 Å². The fraction of sp³-hybridized carbons (Fsp3) is 0. The quantitative estimate of drug-likeness (QED) is 0.284. The molecule has 2 heteroatoms. The van der Waals surface area contributed by atoms with Crippen molar-refractivity contribution in [2.45, 2.75) is 0 Å². The summed E-state index contributed by atoms with van der Waals surface area (Å²) in [7, 11) is 0. The van der Waals surface area contributed by atoms with E-state index in [9.17, 15) is 0 Å². The molecule has 0 fully saturated rings. The highest BCUT2D eigenvalue weighted by atomic mass is 16.3. The lowest BCUT2D eigenvalue weighted by Crippen LogP contribution is -1.89. The molecule has 2 heterocycles. The Labute approximate surface area is 192 Å². The molecule has 0 aliphatic carbocycles. The van der Waals surface area contributed by atoms with Gasteiger partial charge in [0.2, 0.25) is 0 Å². The van der Waals surface area contributed by atoms with Crippen molar-refractivity contribution in [1.29, 1.82) is 0 Å². The monoisotopic (exact) mass is 423 g/mol. The summed E-state index contributed by atoms with van der Waals surface area (Å²) in [4.78, 5) is 4.73. The molecule has 0 saturated carbocycles. The van der Waals surface area contributed by atoms with E-state index in [1.165, 1.54) is 5.56 Å². The van der Waals surface area contributed by atoms with Crippen LogP contribution < -0.4 is 0 Å². The Kier molecular flexibility index (Phi) is 4.82. The van der Waals surface area contributed by atoms with Gasteiger partial charge >= 0.3 is 0 Å². The van der Waals surface area contributed by atoms with E-state index in [0.717, 1.165) is 50.2 Å². The van der Waals surface area contributed by atoms with Gasteiger partial charge in [-0.2, -0.15) is 0 Å². The van der Waals surface area contributed by atoms with Crippen molar-refractivity contribution in [3.05, 3.63) is 128 Å². The maximum Gasteiger partial charge on any atom is 0.135 e. The van der Waals surface area contributed by atoms with Crippen molar-refractivity contribution in [3.63, 3.8) is 0 Å². The molecule has 0 N–H and O–H groups in total. The lowest BCUT2D eigenvalue weighted by molar-refractivity contribution is 0.631. The van der Waals surface area contributed by atoms with E-state index in [-0.39, 0.29) is 0 Å². The topological polar surface area (TPSA) is 26.0 Å². The summed E-state index contributed by atoms with van der Waals surface area (Å²) in [6.45, 7) is 0. The number of pyridine rings is 1. The number of furan rings is 1. The van der Waals surface area contributed by atoms with Crippen LogP contribution in [-0.4, -0.2) is 4.98 Å². The van der Waals surface area contributed by atoms with E-state index in [4.69, 9.17) is 9.40 Å². The number of fused-ring (bicyclic) bond motifs is 1. The SMILES string of the molecule is c1ccc(-c2cc3cc(-c4cccc(-c5ncccc5-c5ccccc5)c4)ccc3o2)cc1. The summed E-state index contributed by atoms with van der Waals surface area (Å²) >= 11 is 0. The van der Waals surface area contributed by atoms with Gasteiger partial charge in [-0.3, -0.25) is 4.98 Å². The van der Waals surface area contributed by atoms with Gasteiger partial charge in [-0.15, -0.1) is 0 Å². The molecule has 0 aliphatic rings.